The number of amides is 1. The number of H-pyrrole nitrogens is 1. The fourth-order valence-corrected chi connectivity index (χ4v) is 3.74. The van der Waals surface area contributed by atoms with Crippen LogP contribution in [-0.4, -0.2) is 33.4 Å². The van der Waals surface area contributed by atoms with Crippen LogP contribution in [-0.2, 0) is 0 Å². The molecule has 0 fully saturated rings. The van der Waals surface area contributed by atoms with E-state index in [1.165, 1.54) is 0 Å². The number of fused-ring (bicyclic) bond motifs is 2. The number of aromatic nitrogens is 3. The van der Waals surface area contributed by atoms with Crippen LogP contribution in [0.1, 0.15) is 41.0 Å². The van der Waals surface area contributed by atoms with E-state index in [2.05, 4.69) is 28.8 Å². The summed E-state index contributed by atoms with van der Waals surface area (Å²) >= 11 is 0. The lowest BCUT2D eigenvalue weighted by molar-refractivity contribution is 0.0940. The first-order valence-electron chi connectivity index (χ1n) is 9.80. The minimum absolute atomic E-state index is 0.0489. The molecule has 0 bridgehead atoms. The van der Waals surface area contributed by atoms with Crippen LogP contribution in [0.5, 0.6) is 0 Å². The molecule has 148 valence electrons. The third kappa shape index (κ3) is 3.42. The van der Waals surface area contributed by atoms with Crippen LogP contribution >= 0.6 is 0 Å². The van der Waals surface area contributed by atoms with Gasteiger partial charge in [0.25, 0.3) is 5.91 Å². The maximum absolute atomic E-state index is 12.4. The molecule has 1 aromatic carbocycles. The number of benzene rings is 1. The average molecular weight is 387 g/mol. The molecule has 6 nitrogen and oxygen atoms in total. The highest BCUT2D eigenvalue weighted by Crippen LogP contribution is 2.34. The summed E-state index contributed by atoms with van der Waals surface area (Å²) in [5.74, 6) is 0.881. The molecule has 4 rings (SSSR count). The summed E-state index contributed by atoms with van der Waals surface area (Å²) in [6.07, 6.45) is 4.52. The Hall–Kier alpha value is -3.41. The van der Waals surface area contributed by atoms with Gasteiger partial charge in [0.15, 0.2) is 0 Å². The molecule has 0 saturated carbocycles. The van der Waals surface area contributed by atoms with Crippen LogP contribution in [0, 0.1) is 6.92 Å². The van der Waals surface area contributed by atoms with Crippen molar-refractivity contribution in [1.82, 2.24) is 20.3 Å². The monoisotopic (exact) mass is 387 g/mol. The van der Waals surface area contributed by atoms with Crippen molar-refractivity contribution in [3.05, 3.63) is 66.5 Å². The molecular weight excluding hydrogens is 362 g/mol. The summed E-state index contributed by atoms with van der Waals surface area (Å²) in [6.45, 7) is 12.2. The number of para-hydroxylation sites is 1. The van der Waals surface area contributed by atoms with E-state index in [9.17, 15) is 4.79 Å². The molecule has 2 aromatic heterocycles. The lowest BCUT2D eigenvalue weighted by Crippen LogP contribution is -2.34. The lowest BCUT2D eigenvalue weighted by Gasteiger charge is -2.21. The molecular formula is C23H25N5O. The van der Waals surface area contributed by atoms with Gasteiger partial charge in [-0.15, -0.1) is 13.2 Å². The molecule has 1 amide bonds. The molecule has 6 heteroatoms. The highest BCUT2D eigenvalue weighted by molar-refractivity contribution is 6.00. The second kappa shape index (κ2) is 7.54. The first-order chi connectivity index (χ1) is 14.0. The van der Waals surface area contributed by atoms with E-state index in [-0.39, 0.29) is 17.9 Å². The Kier molecular flexibility index (Phi) is 4.92. The SMILES string of the molecule is C=CC[C@H]1CNC(=O)c2cc(-c3cccc4nc(C)c(N[C@@H](C)C=C)nc34)[nH]c21. The second-order valence-corrected chi connectivity index (χ2v) is 7.44. The molecule has 29 heavy (non-hydrogen) atoms. The number of anilines is 1. The quantitative estimate of drug-likeness (QED) is 0.550. The number of allylic oxidation sites excluding steroid dienone is 1. The maximum Gasteiger partial charge on any atom is 0.253 e. The van der Waals surface area contributed by atoms with Crippen molar-refractivity contribution in [3.8, 4) is 11.3 Å². The Morgan fingerprint density at radius 1 is 1.31 bits per heavy atom. The van der Waals surface area contributed by atoms with Crippen LogP contribution in [0.25, 0.3) is 22.3 Å². The fourth-order valence-electron chi connectivity index (χ4n) is 3.74. The van der Waals surface area contributed by atoms with E-state index in [1.807, 2.05) is 50.3 Å². The minimum Gasteiger partial charge on any atom is -0.363 e. The molecule has 3 heterocycles. The Labute approximate surface area is 170 Å². The summed E-state index contributed by atoms with van der Waals surface area (Å²) in [5.41, 5.74) is 5.87. The van der Waals surface area contributed by atoms with Gasteiger partial charge in [0.2, 0.25) is 0 Å². The van der Waals surface area contributed by atoms with E-state index in [0.29, 0.717) is 12.1 Å². The molecule has 1 aliphatic heterocycles. The molecule has 0 aliphatic carbocycles. The van der Waals surface area contributed by atoms with Gasteiger partial charge in [-0.2, -0.15) is 0 Å². The number of hydrogen-bond donors (Lipinski definition) is 3. The van der Waals surface area contributed by atoms with Crippen LogP contribution in [0.4, 0.5) is 5.82 Å². The van der Waals surface area contributed by atoms with Crippen molar-refractivity contribution in [2.75, 3.05) is 11.9 Å². The average Bonchev–Trinajstić information content (AvgIpc) is 3.16. The van der Waals surface area contributed by atoms with Gasteiger partial charge in [0.1, 0.15) is 11.3 Å². The first kappa shape index (κ1) is 18.9. The largest absolute Gasteiger partial charge is 0.363 e. The minimum atomic E-state index is -0.0489. The van der Waals surface area contributed by atoms with Gasteiger partial charge in [-0.3, -0.25) is 4.79 Å². The van der Waals surface area contributed by atoms with Gasteiger partial charge < -0.3 is 15.6 Å². The number of aryl methyl sites for hydroxylation is 1. The molecule has 0 radical (unpaired) electrons. The summed E-state index contributed by atoms with van der Waals surface area (Å²) in [5, 5.41) is 6.30. The molecule has 0 unspecified atom stereocenters. The molecule has 3 aromatic rings. The maximum atomic E-state index is 12.4. The van der Waals surface area contributed by atoms with Crippen molar-refractivity contribution in [2.24, 2.45) is 0 Å². The standard InChI is InChI=1S/C23H25N5O/c1-5-8-15-12-24-23(29)17-11-19(27-20(15)17)16-9-7-10-18-21(16)28-22(14(4)26-18)25-13(3)6-2/h5-7,9-11,13,15,27H,1-2,8,12H2,3-4H3,(H,24,29)(H,25,28)/t13-,15-/m0/s1. The van der Waals surface area contributed by atoms with Crippen molar-refractivity contribution in [3.63, 3.8) is 0 Å². The number of nitrogens with one attached hydrogen (secondary N) is 3. The lowest BCUT2D eigenvalue weighted by atomic mass is 9.94. The highest BCUT2D eigenvalue weighted by Gasteiger charge is 2.27. The summed E-state index contributed by atoms with van der Waals surface area (Å²) < 4.78 is 0. The van der Waals surface area contributed by atoms with Crippen molar-refractivity contribution >= 4 is 22.8 Å². The number of aromatic amines is 1. The first-order valence-corrected chi connectivity index (χ1v) is 9.80. The van der Waals surface area contributed by atoms with E-state index in [0.717, 1.165) is 45.9 Å². The zero-order chi connectivity index (χ0) is 20.5. The number of carbonyl (C=O) groups excluding carboxylic acids is 1. The topological polar surface area (TPSA) is 82.7 Å². The van der Waals surface area contributed by atoms with Gasteiger partial charge in [-0.25, -0.2) is 9.97 Å². The van der Waals surface area contributed by atoms with Crippen LogP contribution in [0.2, 0.25) is 0 Å². The van der Waals surface area contributed by atoms with Gasteiger partial charge in [-0.05, 0) is 32.4 Å². The number of carbonyl (C=O) groups is 1. The van der Waals surface area contributed by atoms with E-state index >= 15 is 0 Å². The molecule has 2 atom stereocenters. The van der Waals surface area contributed by atoms with Crippen LogP contribution in [0.15, 0.2) is 49.6 Å². The fraction of sp³-hybridized carbons (Fsp3) is 0.261. The molecule has 1 aliphatic rings. The highest BCUT2D eigenvalue weighted by atomic mass is 16.1. The van der Waals surface area contributed by atoms with E-state index in [1.54, 1.807) is 0 Å². The van der Waals surface area contributed by atoms with E-state index < -0.39 is 0 Å². The summed E-state index contributed by atoms with van der Waals surface area (Å²) in [6, 6.07) is 7.91. The van der Waals surface area contributed by atoms with E-state index in [4.69, 9.17) is 9.97 Å². The Morgan fingerprint density at radius 3 is 2.90 bits per heavy atom. The number of rotatable bonds is 6. The van der Waals surface area contributed by atoms with Crippen molar-refractivity contribution < 1.29 is 4.79 Å². The van der Waals surface area contributed by atoms with Gasteiger partial charge >= 0.3 is 0 Å². The number of nitrogens with zero attached hydrogens (tertiary/aromatic N) is 2. The third-order valence-electron chi connectivity index (χ3n) is 5.34. The van der Waals surface area contributed by atoms with Gasteiger partial charge in [-0.1, -0.05) is 24.3 Å². The van der Waals surface area contributed by atoms with Crippen molar-refractivity contribution in [2.45, 2.75) is 32.2 Å². The Morgan fingerprint density at radius 2 is 2.14 bits per heavy atom. The van der Waals surface area contributed by atoms with Gasteiger partial charge in [0, 0.05) is 35.5 Å². The van der Waals surface area contributed by atoms with Gasteiger partial charge in [0.05, 0.1) is 16.8 Å². The normalized spacial score (nSPS) is 16.8. The van der Waals surface area contributed by atoms with Crippen molar-refractivity contribution in [1.29, 1.82) is 0 Å². The zero-order valence-corrected chi connectivity index (χ0v) is 16.7. The Bertz CT molecular complexity index is 1110. The molecule has 0 saturated heterocycles. The summed E-state index contributed by atoms with van der Waals surface area (Å²) in [7, 11) is 0. The molecule has 3 N–H and O–H groups in total. The third-order valence-corrected chi connectivity index (χ3v) is 5.34. The predicted molar refractivity (Wildman–Crippen MR) is 117 cm³/mol. The van der Waals surface area contributed by atoms with Crippen LogP contribution in [0.3, 0.4) is 0 Å². The predicted octanol–water partition coefficient (Wildman–Crippen LogP) is 4.32. The smallest absolute Gasteiger partial charge is 0.253 e. The second-order valence-electron chi connectivity index (χ2n) is 7.44. The Balaban J connectivity index is 1.85. The zero-order valence-electron chi connectivity index (χ0n) is 16.7. The molecule has 0 spiro atoms. The van der Waals surface area contributed by atoms with Crippen LogP contribution < -0.4 is 10.6 Å². The number of hydrogen-bond acceptors (Lipinski definition) is 4. The summed E-state index contributed by atoms with van der Waals surface area (Å²) in [4.78, 5) is 25.5.